The molecule has 0 radical (unpaired) electrons. The minimum absolute atomic E-state index is 0.0509. The van der Waals surface area contributed by atoms with Crippen LogP contribution in [0, 0.1) is 10.1 Å². The predicted octanol–water partition coefficient (Wildman–Crippen LogP) is 0.936. The number of halogens is 1. The normalized spacial score (nSPS) is 11.5. The zero-order valence-corrected chi connectivity index (χ0v) is 10.9. The van der Waals surface area contributed by atoms with E-state index in [-0.39, 0.29) is 24.3 Å². The average molecular weight is 299 g/mol. The summed E-state index contributed by atoms with van der Waals surface area (Å²) < 4.78 is 12.3. The summed E-state index contributed by atoms with van der Waals surface area (Å²) >= 11 is 0. The third-order valence-electron chi connectivity index (χ3n) is 2.56. The van der Waals surface area contributed by atoms with Crippen molar-refractivity contribution in [1.82, 2.24) is 5.32 Å². The molecule has 8 nitrogen and oxygen atoms in total. The number of benzene rings is 1. The average Bonchev–Trinajstić information content (AvgIpc) is 2.44. The van der Waals surface area contributed by atoms with Crippen LogP contribution in [0.1, 0.15) is 6.42 Å². The number of nitro benzene ring substituents is 1. The lowest BCUT2D eigenvalue weighted by atomic mass is 10.2. The van der Waals surface area contributed by atoms with Crippen LogP contribution in [0.15, 0.2) is 24.3 Å². The Kier molecular flexibility index (Phi) is 6.05. The highest BCUT2D eigenvalue weighted by Gasteiger charge is 2.19. The fourth-order valence-corrected chi connectivity index (χ4v) is 1.53. The number of aliphatic carboxylic acids is 1. The van der Waals surface area contributed by atoms with Gasteiger partial charge in [0.2, 0.25) is 5.91 Å². The predicted molar refractivity (Wildman–Crippen MR) is 71.7 cm³/mol. The van der Waals surface area contributed by atoms with Crippen molar-refractivity contribution in [1.29, 1.82) is 0 Å². The molecular formula is C12H14FN3O5. The number of hydrogen-bond donors (Lipinski definition) is 3. The molecular weight excluding hydrogens is 285 g/mol. The number of amides is 1. The van der Waals surface area contributed by atoms with Gasteiger partial charge in [-0.05, 0) is 6.07 Å². The van der Waals surface area contributed by atoms with Crippen LogP contribution in [0.4, 0.5) is 15.8 Å². The Morgan fingerprint density at radius 1 is 1.38 bits per heavy atom. The number of rotatable bonds is 8. The highest BCUT2D eigenvalue weighted by molar-refractivity contribution is 5.83. The van der Waals surface area contributed by atoms with Crippen molar-refractivity contribution >= 4 is 23.3 Å². The second kappa shape index (κ2) is 7.78. The van der Waals surface area contributed by atoms with E-state index < -0.39 is 29.5 Å². The Balaban J connectivity index is 2.49. The van der Waals surface area contributed by atoms with Gasteiger partial charge in [-0.1, -0.05) is 12.1 Å². The Hall–Kier alpha value is -2.71. The zero-order valence-electron chi connectivity index (χ0n) is 10.9. The van der Waals surface area contributed by atoms with Crippen molar-refractivity contribution in [2.45, 2.75) is 12.5 Å². The molecule has 0 heterocycles. The summed E-state index contributed by atoms with van der Waals surface area (Å²) in [6.45, 7) is -1.16. The van der Waals surface area contributed by atoms with Crippen molar-refractivity contribution in [2.24, 2.45) is 0 Å². The summed E-state index contributed by atoms with van der Waals surface area (Å²) in [6.07, 6.45) is -0.143. The van der Waals surface area contributed by atoms with Crippen molar-refractivity contribution in [3.05, 3.63) is 34.4 Å². The molecule has 1 unspecified atom stereocenters. The van der Waals surface area contributed by atoms with Gasteiger partial charge in [-0.2, -0.15) is 0 Å². The Morgan fingerprint density at radius 2 is 2.05 bits per heavy atom. The van der Waals surface area contributed by atoms with E-state index in [0.29, 0.717) is 0 Å². The molecule has 1 amide bonds. The van der Waals surface area contributed by atoms with E-state index >= 15 is 0 Å². The maximum absolute atomic E-state index is 12.3. The molecule has 0 bridgehead atoms. The van der Waals surface area contributed by atoms with Crippen molar-refractivity contribution < 1.29 is 24.0 Å². The molecule has 1 aromatic carbocycles. The number of nitro groups is 1. The Labute approximate surface area is 119 Å². The third kappa shape index (κ3) is 5.05. The van der Waals surface area contributed by atoms with Gasteiger partial charge in [0.05, 0.1) is 4.92 Å². The van der Waals surface area contributed by atoms with Gasteiger partial charge in [0.1, 0.15) is 12.4 Å². The van der Waals surface area contributed by atoms with Gasteiger partial charge in [0.25, 0.3) is 5.69 Å². The van der Waals surface area contributed by atoms with Crippen LogP contribution in [0.3, 0.4) is 0 Å². The number of nitrogens with one attached hydrogen (secondary N) is 2. The first-order valence-corrected chi connectivity index (χ1v) is 6.01. The number of hydrogen-bond acceptors (Lipinski definition) is 5. The van der Waals surface area contributed by atoms with Gasteiger partial charge in [-0.25, -0.2) is 9.18 Å². The first-order chi connectivity index (χ1) is 9.95. The highest BCUT2D eigenvalue weighted by atomic mass is 19.1. The van der Waals surface area contributed by atoms with E-state index in [1.807, 2.05) is 5.32 Å². The van der Waals surface area contributed by atoms with Crippen LogP contribution < -0.4 is 10.6 Å². The van der Waals surface area contributed by atoms with E-state index in [2.05, 4.69) is 5.32 Å². The largest absolute Gasteiger partial charge is 0.480 e. The van der Waals surface area contributed by atoms with Crippen LogP contribution in [0.5, 0.6) is 0 Å². The summed E-state index contributed by atoms with van der Waals surface area (Å²) in [4.78, 5) is 32.1. The monoisotopic (exact) mass is 299 g/mol. The fourth-order valence-electron chi connectivity index (χ4n) is 1.53. The van der Waals surface area contributed by atoms with E-state index in [1.165, 1.54) is 18.2 Å². The van der Waals surface area contributed by atoms with Crippen LogP contribution in [0.2, 0.25) is 0 Å². The number of anilines is 1. The number of nitrogens with zero attached hydrogens (tertiary/aromatic N) is 1. The smallest absolute Gasteiger partial charge is 0.328 e. The summed E-state index contributed by atoms with van der Waals surface area (Å²) in [7, 11) is 0. The summed E-state index contributed by atoms with van der Waals surface area (Å²) in [6, 6.07) is 4.32. The first-order valence-electron chi connectivity index (χ1n) is 6.01. The molecule has 114 valence electrons. The minimum Gasteiger partial charge on any atom is -0.480 e. The summed E-state index contributed by atoms with van der Waals surface area (Å²) in [5.41, 5.74) is 0.112. The van der Waals surface area contributed by atoms with Gasteiger partial charge < -0.3 is 15.7 Å². The second-order valence-corrected chi connectivity index (χ2v) is 4.06. The molecule has 0 aliphatic rings. The van der Waals surface area contributed by atoms with Crippen LogP contribution >= 0.6 is 0 Å². The van der Waals surface area contributed by atoms with E-state index in [4.69, 9.17) is 5.11 Å². The van der Waals surface area contributed by atoms with Crippen LogP contribution in [-0.2, 0) is 9.59 Å². The zero-order chi connectivity index (χ0) is 15.8. The van der Waals surface area contributed by atoms with Crippen LogP contribution in [0.25, 0.3) is 0 Å². The number of para-hydroxylation sites is 2. The lowest BCUT2D eigenvalue weighted by Gasteiger charge is -2.11. The van der Waals surface area contributed by atoms with Crippen LogP contribution in [-0.4, -0.2) is 41.2 Å². The number of alkyl halides is 1. The van der Waals surface area contributed by atoms with Gasteiger partial charge in [0.15, 0.2) is 6.04 Å². The first kappa shape index (κ1) is 16.3. The molecule has 0 saturated heterocycles. The minimum atomic E-state index is -1.58. The molecule has 21 heavy (non-hydrogen) atoms. The number of carboxylic acid groups (broad SMARTS) is 1. The molecule has 9 heteroatoms. The van der Waals surface area contributed by atoms with Gasteiger partial charge in [-0.3, -0.25) is 14.9 Å². The standard InChI is InChI=1S/C12H14FN3O5/c13-7-9(12(18)19)15-11(17)5-6-14-8-3-1-2-4-10(8)16(20)21/h1-4,9,14H,5-7H2,(H,15,17)(H,18,19). The van der Waals surface area contributed by atoms with Gasteiger partial charge >= 0.3 is 5.97 Å². The molecule has 3 N–H and O–H groups in total. The van der Waals surface area contributed by atoms with Gasteiger partial charge in [-0.15, -0.1) is 0 Å². The number of carbonyl (C=O) groups excluding carboxylic acids is 1. The van der Waals surface area contributed by atoms with Crippen molar-refractivity contribution in [3.8, 4) is 0 Å². The number of carboxylic acids is 1. The lowest BCUT2D eigenvalue weighted by Crippen LogP contribution is -2.42. The number of carbonyl (C=O) groups is 2. The molecule has 1 rings (SSSR count). The molecule has 1 atom stereocenters. The third-order valence-corrected chi connectivity index (χ3v) is 2.56. The fraction of sp³-hybridized carbons (Fsp3) is 0.333. The highest BCUT2D eigenvalue weighted by Crippen LogP contribution is 2.22. The quantitative estimate of drug-likeness (QED) is 0.485. The molecule has 0 saturated carbocycles. The van der Waals surface area contributed by atoms with Gasteiger partial charge in [0, 0.05) is 19.0 Å². The molecule has 1 aromatic rings. The van der Waals surface area contributed by atoms with Crippen molar-refractivity contribution in [2.75, 3.05) is 18.5 Å². The molecule has 0 fully saturated rings. The Morgan fingerprint density at radius 3 is 2.62 bits per heavy atom. The molecule has 0 spiro atoms. The SMILES string of the molecule is O=C(CCNc1ccccc1[N+](=O)[O-])NC(CF)C(=O)O. The van der Waals surface area contributed by atoms with E-state index in [1.54, 1.807) is 6.07 Å². The maximum Gasteiger partial charge on any atom is 0.328 e. The molecule has 0 aromatic heterocycles. The van der Waals surface area contributed by atoms with E-state index in [0.717, 1.165) is 0 Å². The van der Waals surface area contributed by atoms with E-state index in [9.17, 15) is 24.1 Å². The van der Waals surface area contributed by atoms with Crippen molar-refractivity contribution in [3.63, 3.8) is 0 Å². The second-order valence-electron chi connectivity index (χ2n) is 4.06. The lowest BCUT2D eigenvalue weighted by molar-refractivity contribution is -0.384. The summed E-state index contributed by atoms with van der Waals surface area (Å²) in [5, 5.41) is 24.0. The Bertz CT molecular complexity index is 537. The topological polar surface area (TPSA) is 122 Å². The molecule has 0 aliphatic heterocycles. The summed E-state index contributed by atoms with van der Waals surface area (Å²) in [5.74, 6) is -2.12. The molecule has 0 aliphatic carbocycles. The maximum atomic E-state index is 12.3.